The number of carbonyl (C=O) groups excluding carboxylic acids is 1. The highest BCUT2D eigenvalue weighted by atomic mass is 16.5. The standard InChI is InChI=1S/C34H36O8/c1-37-31-20-24-8-9-25-22-34(26-6-4-3-5-7-26,23-42-32(25)29(24)21-30(31)33(36)38-2)27-10-12-28(13-11-27)41-19-18-40-17-16-39-15-14-35/h3-13,20-22,32,35H,14-19,23H2,1-2H3. The second-order valence-electron chi connectivity index (χ2n) is 10.0. The van der Waals surface area contributed by atoms with Crippen LogP contribution >= 0.6 is 0 Å². The molecule has 0 amide bonds. The second-order valence-corrected chi connectivity index (χ2v) is 10.0. The lowest BCUT2D eigenvalue weighted by molar-refractivity contribution is 0.0247. The highest BCUT2D eigenvalue weighted by Gasteiger charge is 2.40. The van der Waals surface area contributed by atoms with Crippen molar-refractivity contribution in [3.8, 4) is 11.5 Å². The van der Waals surface area contributed by atoms with E-state index in [2.05, 4.69) is 36.4 Å². The van der Waals surface area contributed by atoms with Crippen LogP contribution in [0.15, 0.2) is 84.5 Å². The third kappa shape index (κ3) is 6.27. The van der Waals surface area contributed by atoms with Gasteiger partial charge in [-0.2, -0.15) is 0 Å². The van der Waals surface area contributed by atoms with Crippen molar-refractivity contribution in [3.05, 3.63) is 112 Å². The molecule has 1 N–H and O–H groups in total. The zero-order valence-corrected chi connectivity index (χ0v) is 23.9. The molecule has 8 nitrogen and oxygen atoms in total. The Balaban J connectivity index is 1.38. The maximum atomic E-state index is 12.5. The lowest BCUT2D eigenvalue weighted by Gasteiger charge is -2.40. The molecule has 2 aliphatic rings. The molecule has 3 aromatic rings. The normalized spacial score (nSPS) is 18.9. The van der Waals surface area contributed by atoms with Crippen LogP contribution in [0.5, 0.6) is 11.5 Å². The molecule has 0 saturated carbocycles. The van der Waals surface area contributed by atoms with Gasteiger partial charge in [-0.25, -0.2) is 4.79 Å². The zero-order valence-electron chi connectivity index (χ0n) is 23.9. The first-order chi connectivity index (χ1) is 20.6. The van der Waals surface area contributed by atoms with Crippen molar-refractivity contribution in [1.82, 2.24) is 0 Å². The van der Waals surface area contributed by atoms with Crippen LogP contribution in [0.4, 0.5) is 0 Å². The average molecular weight is 573 g/mol. The molecule has 42 heavy (non-hydrogen) atoms. The number of hydrogen-bond acceptors (Lipinski definition) is 8. The lowest BCUT2D eigenvalue weighted by atomic mass is 9.71. The van der Waals surface area contributed by atoms with Gasteiger partial charge in [0.25, 0.3) is 0 Å². The van der Waals surface area contributed by atoms with Gasteiger partial charge in [0.15, 0.2) is 0 Å². The highest BCUT2D eigenvalue weighted by molar-refractivity contribution is 5.93. The Kier molecular flexibility index (Phi) is 9.71. The molecule has 0 spiro atoms. The molecule has 1 aliphatic heterocycles. The Morgan fingerprint density at radius 1 is 0.905 bits per heavy atom. The minimum Gasteiger partial charge on any atom is -0.496 e. The molecule has 2 atom stereocenters. The molecule has 220 valence electrons. The molecule has 0 aromatic heterocycles. The van der Waals surface area contributed by atoms with Gasteiger partial charge in [0.05, 0.1) is 59.3 Å². The molecule has 1 aliphatic carbocycles. The first-order valence-corrected chi connectivity index (χ1v) is 14.0. The SMILES string of the molecule is COC(=O)c1cc2c(cc1OC)C=CC1=CC(c3ccccc3)(c3ccc(OCCOCCOCCO)cc3)COC12. The van der Waals surface area contributed by atoms with Crippen molar-refractivity contribution in [3.63, 3.8) is 0 Å². The Labute approximate surface area is 246 Å². The molecule has 3 aromatic carbocycles. The molecule has 8 heteroatoms. The van der Waals surface area contributed by atoms with Crippen LogP contribution in [0.1, 0.15) is 38.7 Å². The number of methoxy groups -OCH3 is 2. The summed E-state index contributed by atoms with van der Waals surface area (Å²) in [6.07, 6.45) is 6.06. The maximum Gasteiger partial charge on any atom is 0.341 e. The summed E-state index contributed by atoms with van der Waals surface area (Å²) in [5.74, 6) is 0.762. The van der Waals surface area contributed by atoms with E-state index in [4.69, 9.17) is 33.5 Å². The number of benzene rings is 3. The van der Waals surface area contributed by atoms with Gasteiger partial charge in [-0.3, -0.25) is 0 Å². The molecule has 0 saturated heterocycles. The van der Waals surface area contributed by atoms with E-state index in [1.54, 1.807) is 7.11 Å². The van der Waals surface area contributed by atoms with Crippen molar-refractivity contribution >= 4 is 12.0 Å². The van der Waals surface area contributed by atoms with Crippen LogP contribution in [0.25, 0.3) is 6.08 Å². The largest absolute Gasteiger partial charge is 0.496 e. The molecule has 0 radical (unpaired) electrons. The molecular formula is C34H36O8. The fraction of sp³-hybridized carbons (Fsp3) is 0.324. The number of carbonyl (C=O) groups is 1. The van der Waals surface area contributed by atoms with Crippen molar-refractivity contribution in [2.24, 2.45) is 0 Å². The summed E-state index contributed by atoms with van der Waals surface area (Å²) in [7, 11) is 2.90. The summed E-state index contributed by atoms with van der Waals surface area (Å²) in [6.45, 7) is 2.48. The predicted molar refractivity (Wildman–Crippen MR) is 158 cm³/mol. The molecule has 2 unspecified atom stereocenters. The number of aliphatic hydroxyl groups is 1. The van der Waals surface area contributed by atoms with Gasteiger partial charge in [-0.15, -0.1) is 0 Å². The number of esters is 1. The molecule has 0 bridgehead atoms. The molecule has 1 heterocycles. The number of ether oxygens (including phenoxy) is 6. The van der Waals surface area contributed by atoms with E-state index >= 15 is 0 Å². The summed E-state index contributed by atoms with van der Waals surface area (Å²) >= 11 is 0. The number of rotatable bonds is 13. The first kappa shape index (κ1) is 29.5. The van der Waals surface area contributed by atoms with Crippen molar-refractivity contribution < 1.29 is 38.3 Å². The summed E-state index contributed by atoms with van der Waals surface area (Å²) in [5.41, 5.74) is 4.89. The van der Waals surface area contributed by atoms with E-state index in [9.17, 15) is 4.79 Å². The summed E-state index contributed by atoms with van der Waals surface area (Å²) < 4.78 is 33.7. The van der Waals surface area contributed by atoms with Crippen LogP contribution in [-0.4, -0.2) is 71.5 Å². The zero-order chi connectivity index (χ0) is 29.4. The smallest absolute Gasteiger partial charge is 0.341 e. The Bertz CT molecular complexity index is 1410. The van der Waals surface area contributed by atoms with Gasteiger partial charge in [0, 0.05) is 0 Å². The minimum absolute atomic E-state index is 0.00661. The van der Waals surface area contributed by atoms with Crippen molar-refractivity contribution in [2.75, 3.05) is 60.5 Å². The monoisotopic (exact) mass is 572 g/mol. The van der Waals surface area contributed by atoms with Gasteiger partial charge in [-0.1, -0.05) is 60.7 Å². The number of aliphatic hydroxyl groups excluding tert-OH is 1. The summed E-state index contributed by atoms with van der Waals surface area (Å²) in [4.78, 5) is 12.5. The van der Waals surface area contributed by atoms with E-state index in [1.165, 1.54) is 7.11 Å². The Hall–Kier alpha value is -3.95. The van der Waals surface area contributed by atoms with Gasteiger partial charge in [0.2, 0.25) is 0 Å². The molecular weight excluding hydrogens is 536 g/mol. The van der Waals surface area contributed by atoms with Crippen molar-refractivity contribution in [2.45, 2.75) is 11.5 Å². The van der Waals surface area contributed by atoms with E-state index in [0.717, 1.165) is 33.6 Å². The Morgan fingerprint density at radius 2 is 1.62 bits per heavy atom. The summed E-state index contributed by atoms with van der Waals surface area (Å²) in [5, 5.41) is 8.74. The van der Waals surface area contributed by atoms with Gasteiger partial charge in [-0.05, 0) is 52.1 Å². The van der Waals surface area contributed by atoms with Gasteiger partial charge >= 0.3 is 5.97 Å². The number of fused-ring (bicyclic) bond motifs is 3. The fourth-order valence-corrected chi connectivity index (χ4v) is 5.41. The topological polar surface area (TPSA) is 92.7 Å². The van der Waals surface area contributed by atoms with E-state index in [0.29, 0.717) is 51.0 Å². The first-order valence-electron chi connectivity index (χ1n) is 14.0. The van der Waals surface area contributed by atoms with Gasteiger partial charge < -0.3 is 33.5 Å². The third-order valence-electron chi connectivity index (χ3n) is 7.50. The second kappa shape index (κ2) is 13.8. The molecule has 0 fully saturated rings. The maximum absolute atomic E-state index is 12.5. The fourth-order valence-electron chi connectivity index (χ4n) is 5.41. The number of hydrogen-bond donors (Lipinski definition) is 1. The van der Waals surface area contributed by atoms with Crippen LogP contribution in [0, 0.1) is 0 Å². The third-order valence-corrected chi connectivity index (χ3v) is 7.50. The van der Waals surface area contributed by atoms with E-state index in [-0.39, 0.29) is 12.7 Å². The average Bonchev–Trinajstić information content (AvgIpc) is 3.05. The van der Waals surface area contributed by atoms with Crippen LogP contribution in [-0.2, 0) is 24.4 Å². The van der Waals surface area contributed by atoms with Crippen LogP contribution < -0.4 is 9.47 Å². The lowest BCUT2D eigenvalue weighted by Crippen LogP contribution is -2.37. The summed E-state index contributed by atoms with van der Waals surface area (Å²) in [6, 6.07) is 22.1. The Morgan fingerprint density at radius 3 is 2.33 bits per heavy atom. The minimum atomic E-state index is -0.525. The molecule has 5 rings (SSSR count). The van der Waals surface area contributed by atoms with E-state index in [1.807, 2.05) is 48.5 Å². The van der Waals surface area contributed by atoms with Gasteiger partial charge in [0.1, 0.15) is 29.8 Å². The highest BCUT2D eigenvalue weighted by Crippen LogP contribution is 2.47. The predicted octanol–water partition coefficient (Wildman–Crippen LogP) is 4.90. The quantitative estimate of drug-likeness (QED) is 0.229. The van der Waals surface area contributed by atoms with Crippen LogP contribution in [0.2, 0.25) is 0 Å². The van der Waals surface area contributed by atoms with E-state index < -0.39 is 11.4 Å². The van der Waals surface area contributed by atoms with Crippen molar-refractivity contribution in [1.29, 1.82) is 0 Å². The van der Waals surface area contributed by atoms with Crippen LogP contribution in [0.3, 0.4) is 0 Å².